The van der Waals surface area contributed by atoms with E-state index in [1.165, 1.54) is 17.6 Å². The highest BCUT2D eigenvalue weighted by atomic mass is 79.9. The van der Waals surface area contributed by atoms with Crippen molar-refractivity contribution in [3.8, 4) is 17.4 Å². The summed E-state index contributed by atoms with van der Waals surface area (Å²) < 4.78 is 7.09. The van der Waals surface area contributed by atoms with Crippen molar-refractivity contribution < 1.29 is 9.52 Å². The van der Waals surface area contributed by atoms with Gasteiger partial charge in [0, 0.05) is 10.0 Å². The summed E-state index contributed by atoms with van der Waals surface area (Å²) in [7, 11) is 0. The molecular formula is C14H11BrN4O2S2. The summed E-state index contributed by atoms with van der Waals surface area (Å²) in [6, 6.07) is 7.43. The Morgan fingerprint density at radius 2 is 2.13 bits per heavy atom. The van der Waals surface area contributed by atoms with Crippen LogP contribution in [0.25, 0.3) is 11.5 Å². The number of benzene rings is 1. The second-order valence-corrected chi connectivity index (χ2v) is 7.64. The monoisotopic (exact) mass is 410 g/mol. The van der Waals surface area contributed by atoms with Gasteiger partial charge in [-0.15, -0.1) is 10.2 Å². The first-order chi connectivity index (χ1) is 11.2. The van der Waals surface area contributed by atoms with Crippen molar-refractivity contribution >= 4 is 50.4 Å². The van der Waals surface area contributed by atoms with Crippen LogP contribution in [0.3, 0.4) is 0 Å². The SMILES string of the molecule is CCSc1nnc(N=Cc2nc(-c3ccc(Br)cc3)oc2O)s1. The number of thioether (sulfide) groups is 1. The van der Waals surface area contributed by atoms with E-state index >= 15 is 0 Å². The highest BCUT2D eigenvalue weighted by Gasteiger charge is 2.12. The van der Waals surface area contributed by atoms with Crippen LogP contribution in [0.4, 0.5) is 5.13 Å². The Hall–Kier alpha value is -1.71. The van der Waals surface area contributed by atoms with Gasteiger partial charge in [-0.3, -0.25) is 0 Å². The molecule has 6 nitrogen and oxygen atoms in total. The molecule has 0 saturated heterocycles. The zero-order valence-corrected chi connectivity index (χ0v) is 15.2. The largest absolute Gasteiger partial charge is 0.479 e. The van der Waals surface area contributed by atoms with Gasteiger partial charge in [-0.2, -0.15) is 0 Å². The van der Waals surface area contributed by atoms with Crippen LogP contribution in [0.1, 0.15) is 12.6 Å². The zero-order chi connectivity index (χ0) is 16.2. The van der Waals surface area contributed by atoms with Gasteiger partial charge in [-0.25, -0.2) is 9.98 Å². The summed E-state index contributed by atoms with van der Waals surface area (Å²) in [6.07, 6.45) is 1.42. The predicted molar refractivity (Wildman–Crippen MR) is 94.9 cm³/mol. The maximum Gasteiger partial charge on any atom is 0.312 e. The molecular weight excluding hydrogens is 400 g/mol. The first-order valence-corrected chi connectivity index (χ1v) is 9.21. The molecule has 2 aromatic heterocycles. The topological polar surface area (TPSA) is 84.4 Å². The van der Waals surface area contributed by atoms with Crippen LogP contribution >= 0.6 is 39.0 Å². The average Bonchev–Trinajstić information content (AvgIpc) is 3.13. The summed E-state index contributed by atoms with van der Waals surface area (Å²) in [6.45, 7) is 2.05. The van der Waals surface area contributed by atoms with Gasteiger partial charge in [0.1, 0.15) is 0 Å². The van der Waals surface area contributed by atoms with Crippen molar-refractivity contribution in [3.05, 3.63) is 34.4 Å². The third-order valence-electron chi connectivity index (χ3n) is 2.69. The average molecular weight is 411 g/mol. The molecule has 3 aromatic rings. The molecule has 2 heterocycles. The summed E-state index contributed by atoms with van der Waals surface area (Å²) in [5.74, 6) is 0.981. The van der Waals surface area contributed by atoms with Gasteiger partial charge in [0.05, 0.1) is 6.21 Å². The predicted octanol–water partition coefficient (Wildman–Crippen LogP) is 4.52. The number of hydrogen-bond donors (Lipinski definition) is 1. The maximum absolute atomic E-state index is 9.85. The van der Waals surface area contributed by atoms with E-state index in [9.17, 15) is 5.11 Å². The van der Waals surface area contributed by atoms with Crippen LogP contribution < -0.4 is 0 Å². The third kappa shape index (κ3) is 3.98. The number of rotatable bonds is 5. The normalized spacial score (nSPS) is 11.4. The van der Waals surface area contributed by atoms with E-state index in [2.05, 4.69) is 36.1 Å². The van der Waals surface area contributed by atoms with Crippen LogP contribution in [0.2, 0.25) is 0 Å². The van der Waals surface area contributed by atoms with Gasteiger partial charge >= 0.3 is 5.95 Å². The minimum absolute atomic E-state index is 0.253. The highest BCUT2D eigenvalue weighted by molar-refractivity contribution is 9.10. The van der Waals surface area contributed by atoms with Crippen LogP contribution in [0.15, 0.2) is 42.5 Å². The van der Waals surface area contributed by atoms with Crippen molar-refractivity contribution in [1.82, 2.24) is 15.2 Å². The minimum atomic E-state index is -0.278. The van der Waals surface area contributed by atoms with Crippen molar-refractivity contribution in [2.75, 3.05) is 5.75 Å². The summed E-state index contributed by atoms with van der Waals surface area (Å²) in [5.41, 5.74) is 1.02. The smallest absolute Gasteiger partial charge is 0.312 e. The van der Waals surface area contributed by atoms with E-state index < -0.39 is 0 Å². The quantitative estimate of drug-likeness (QED) is 0.491. The third-order valence-corrected chi connectivity index (χ3v) is 5.06. The number of hydrogen-bond acceptors (Lipinski definition) is 8. The van der Waals surface area contributed by atoms with Crippen LogP contribution in [0.5, 0.6) is 5.95 Å². The van der Waals surface area contributed by atoms with E-state index in [-0.39, 0.29) is 11.6 Å². The summed E-state index contributed by atoms with van der Waals surface area (Å²) >= 11 is 6.36. The number of nitrogens with zero attached hydrogens (tertiary/aromatic N) is 4. The second kappa shape index (κ2) is 7.24. The van der Waals surface area contributed by atoms with Crippen molar-refractivity contribution in [1.29, 1.82) is 0 Å². The van der Waals surface area contributed by atoms with Gasteiger partial charge in [0.25, 0.3) is 0 Å². The van der Waals surface area contributed by atoms with Gasteiger partial charge in [0.15, 0.2) is 10.0 Å². The Morgan fingerprint density at radius 3 is 2.87 bits per heavy atom. The van der Waals surface area contributed by atoms with Crippen molar-refractivity contribution in [2.24, 2.45) is 4.99 Å². The fourth-order valence-corrected chi connectivity index (χ4v) is 3.52. The lowest BCUT2D eigenvalue weighted by Crippen LogP contribution is -1.82. The molecule has 1 aromatic carbocycles. The molecule has 3 rings (SSSR count). The van der Waals surface area contributed by atoms with Gasteiger partial charge in [0.2, 0.25) is 11.0 Å². The zero-order valence-electron chi connectivity index (χ0n) is 11.9. The van der Waals surface area contributed by atoms with Crippen LogP contribution in [0, 0.1) is 0 Å². The molecule has 0 fully saturated rings. The second-order valence-electron chi connectivity index (χ2n) is 4.26. The van der Waals surface area contributed by atoms with E-state index in [0.29, 0.717) is 11.0 Å². The first-order valence-electron chi connectivity index (χ1n) is 6.62. The van der Waals surface area contributed by atoms with E-state index in [4.69, 9.17) is 4.42 Å². The van der Waals surface area contributed by atoms with Gasteiger partial charge < -0.3 is 9.52 Å². The van der Waals surface area contributed by atoms with E-state index in [1.54, 1.807) is 11.8 Å². The maximum atomic E-state index is 9.85. The number of oxazole rings is 1. The molecule has 23 heavy (non-hydrogen) atoms. The Morgan fingerprint density at radius 1 is 1.35 bits per heavy atom. The molecule has 0 aliphatic rings. The lowest BCUT2D eigenvalue weighted by molar-refractivity contribution is 0.337. The fraction of sp³-hybridized carbons (Fsp3) is 0.143. The lowest BCUT2D eigenvalue weighted by Gasteiger charge is -1.94. The van der Waals surface area contributed by atoms with Gasteiger partial charge in [-0.1, -0.05) is 46.0 Å². The molecule has 0 unspecified atom stereocenters. The van der Waals surface area contributed by atoms with Crippen molar-refractivity contribution in [3.63, 3.8) is 0 Å². The molecule has 0 amide bonds. The van der Waals surface area contributed by atoms with E-state index in [1.807, 2.05) is 31.2 Å². The molecule has 0 saturated carbocycles. The van der Waals surface area contributed by atoms with E-state index in [0.717, 1.165) is 20.1 Å². The Labute approximate surface area is 148 Å². The first kappa shape index (κ1) is 16.2. The Bertz CT molecular complexity index is 830. The number of aliphatic imine (C=N–C) groups is 1. The Kier molecular flexibility index (Phi) is 5.09. The minimum Gasteiger partial charge on any atom is -0.479 e. The van der Waals surface area contributed by atoms with Crippen LogP contribution in [-0.4, -0.2) is 32.3 Å². The lowest BCUT2D eigenvalue weighted by atomic mass is 10.2. The standard InChI is InChI=1S/C14H11BrN4O2S2/c1-2-22-14-19-18-13(23-14)16-7-10-12(20)21-11(17-10)8-3-5-9(15)6-4-8/h3-7,20H,2H2,1H3. The molecule has 1 N–H and O–H groups in total. The van der Waals surface area contributed by atoms with Crippen molar-refractivity contribution in [2.45, 2.75) is 11.3 Å². The van der Waals surface area contributed by atoms with Gasteiger partial charge in [-0.05, 0) is 30.0 Å². The molecule has 0 atom stereocenters. The fourth-order valence-electron chi connectivity index (χ4n) is 1.68. The molecule has 0 bridgehead atoms. The number of aromatic hydroxyl groups is 1. The summed E-state index contributed by atoms with van der Waals surface area (Å²) in [5, 5.41) is 18.3. The molecule has 9 heteroatoms. The molecule has 0 aliphatic heterocycles. The molecule has 0 aliphatic carbocycles. The molecule has 0 radical (unpaired) electrons. The number of halogens is 1. The number of aromatic nitrogens is 3. The highest BCUT2D eigenvalue weighted by Crippen LogP contribution is 2.29. The summed E-state index contributed by atoms with van der Waals surface area (Å²) in [4.78, 5) is 8.42. The van der Waals surface area contributed by atoms with Crippen LogP contribution in [-0.2, 0) is 0 Å². The Balaban J connectivity index is 1.80. The molecule has 0 spiro atoms. The molecule has 118 valence electrons.